The molecule has 37 heavy (non-hydrogen) atoms. The number of benzene rings is 2. The van der Waals surface area contributed by atoms with Crippen LogP contribution < -0.4 is 10.6 Å². The zero-order chi connectivity index (χ0) is 25.8. The van der Waals surface area contributed by atoms with E-state index in [1.807, 2.05) is 76.3 Å². The van der Waals surface area contributed by atoms with Gasteiger partial charge >= 0.3 is 5.97 Å². The number of aromatic nitrogens is 2. The van der Waals surface area contributed by atoms with Crippen molar-refractivity contribution >= 4 is 34.9 Å². The van der Waals surface area contributed by atoms with Crippen LogP contribution in [0.1, 0.15) is 40.3 Å². The van der Waals surface area contributed by atoms with Gasteiger partial charge in [0.25, 0.3) is 0 Å². The minimum Gasteiger partial charge on any atom is -0.478 e. The molecule has 3 heterocycles. The van der Waals surface area contributed by atoms with Crippen molar-refractivity contribution < 1.29 is 14.7 Å². The smallest absolute Gasteiger partial charge is 0.335 e. The number of rotatable bonds is 8. The number of pyridine rings is 1. The summed E-state index contributed by atoms with van der Waals surface area (Å²) in [5, 5.41) is 16.2. The molecule has 0 radical (unpaired) electrons. The first-order chi connectivity index (χ1) is 18.0. The molecule has 1 fully saturated rings. The lowest BCUT2D eigenvalue weighted by atomic mass is 10.0. The average Bonchev–Trinajstić information content (AvgIpc) is 3.52. The number of para-hydroxylation sites is 1. The average molecular weight is 512 g/mol. The van der Waals surface area contributed by atoms with E-state index in [-0.39, 0.29) is 30.0 Å². The molecule has 8 nitrogen and oxygen atoms in total. The molecular formula is C28H25N5O3S. The molecule has 186 valence electrons. The molecule has 1 amide bonds. The van der Waals surface area contributed by atoms with E-state index in [1.54, 1.807) is 30.5 Å². The fraction of sp³-hybridized carbons (Fsp3) is 0.143. The highest BCUT2D eigenvalue weighted by molar-refractivity contribution is 7.80. The van der Waals surface area contributed by atoms with Gasteiger partial charge in [-0.05, 0) is 72.9 Å². The Labute approximate surface area is 219 Å². The Kier molecular flexibility index (Phi) is 6.96. The highest BCUT2D eigenvalue weighted by Crippen LogP contribution is 2.39. The summed E-state index contributed by atoms with van der Waals surface area (Å²) in [4.78, 5) is 30.6. The number of carbonyl (C=O) groups excluding carboxylic acids is 1. The van der Waals surface area contributed by atoms with Crippen LogP contribution in [0.25, 0.3) is 5.69 Å². The van der Waals surface area contributed by atoms with Crippen molar-refractivity contribution in [2.45, 2.75) is 18.5 Å². The van der Waals surface area contributed by atoms with Gasteiger partial charge in [0.2, 0.25) is 5.91 Å². The van der Waals surface area contributed by atoms with Gasteiger partial charge in [0.05, 0.1) is 23.3 Å². The summed E-state index contributed by atoms with van der Waals surface area (Å²) in [5.41, 5.74) is 3.56. The number of aromatic carboxylic acids is 1. The quantitative estimate of drug-likeness (QED) is 0.298. The normalized spacial score (nSPS) is 16.9. The molecule has 2 aromatic carbocycles. The van der Waals surface area contributed by atoms with Crippen LogP contribution >= 0.6 is 12.2 Å². The number of nitrogens with zero attached hydrogens (tertiary/aromatic N) is 3. The Morgan fingerprint density at radius 3 is 2.43 bits per heavy atom. The van der Waals surface area contributed by atoms with E-state index in [4.69, 9.17) is 12.2 Å². The standard InChI is InChI=1S/C28H25N5O3S/c34-24(30-20-7-2-1-3-8-20)15-18-33-26(25(31-28(33)37)22-9-4-5-16-29-22)23-10-6-17-32(23)21-13-11-19(12-14-21)27(35)36/h1-14,16-17,25-26H,15,18H2,(H,30,34)(H,31,37)(H,35,36)/t25-,26-/m1/s1. The molecule has 0 saturated carbocycles. The maximum absolute atomic E-state index is 12.7. The number of amides is 1. The van der Waals surface area contributed by atoms with Crippen LogP contribution in [0.5, 0.6) is 0 Å². The lowest BCUT2D eigenvalue weighted by Gasteiger charge is -2.29. The third-order valence-electron chi connectivity index (χ3n) is 6.31. The molecular weight excluding hydrogens is 486 g/mol. The van der Waals surface area contributed by atoms with Crippen molar-refractivity contribution in [1.29, 1.82) is 0 Å². The number of hydrogen-bond acceptors (Lipinski definition) is 4. The Morgan fingerprint density at radius 1 is 0.973 bits per heavy atom. The molecule has 2 aromatic heterocycles. The Bertz CT molecular complexity index is 1410. The fourth-order valence-electron chi connectivity index (χ4n) is 4.57. The number of carboxylic acids is 1. The summed E-state index contributed by atoms with van der Waals surface area (Å²) >= 11 is 5.74. The molecule has 0 spiro atoms. The summed E-state index contributed by atoms with van der Waals surface area (Å²) < 4.78 is 2.01. The predicted molar refractivity (Wildman–Crippen MR) is 145 cm³/mol. The predicted octanol–water partition coefficient (Wildman–Crippen LogP) is 4.57. The molecule has 1 aliphatic rings. The first-order valence-electron chi connectivity index (χ1n) is 11.9. The van der Waals surface area contributed by atoms with Gasteiger partial charge in [0.15, 0.2) is 5.11 Å². The van der Waals surface area contributed by atoms with Gasteiger partial charge < -0.3 is 25.2 Å². The van der Waals surface area contributed by atoms with Gasteiger partial charge in [-0.15, -0.1) is 0 Å². The summed E-state index contributed by atoms with van der Waals surface area (Å²) in [7, 11) is 0. The molecule has 3 N–H and O–H groups in total. The zero-order valence-electron chi connectivity index (χ0n) is 19.8. The number of nitrogens with one attached hydrogen (secondary N) is 2. The van der Waals surface area contributed by atoms with Crippen molar-refractivity contribution in [3.63, 3.8) is 0 Å². The molecule has 0 bridgehead atoms. The van der Waals surface area contributed by atoms with Gasteiger partial charge in [-0.3, -0.25) is 9.78 Å². The van der Waals surface area contributed by atoms with Crippen LogP contribution in [-0.2, 0) is 4.79 Å². The lowest BCUT2D eigenvalue weighted by molar-refractivity contribution is -0.116. The van der Waals surface area contributed by atoms with E-state index >= 15 is 0 Å². The van der Waals surface area contributed by atoms with Crippen LogP contribution in [-0.4, -0.2) is 43.1 Å². The number of carboxylic acid groups (broad SMARTS) is 1. The van der Waals surface area contributed by atoms with Crippen LogP contribution in [0, 0.1) is 0 Å². The minimum absolute atomic E-state index is 0.103. The number of thiocarbonyl (C=S) groups is 1. The summed E-state index contributed by atoms with van der Waals surface area (Å²) in [6.45, 7) is 0.404. The molecule has 2 atom stereocenters. The van der Waals surface area contributed by atoms with E-state index < -0.39 is 5.97 Å². The second-order valence-electron chi connectivity index (χ2n) is 8.64. The van der Waals surface area contributed by atoms with Gasteiger partial charge in [-0.2, -0.15) is 0 Å². The van der Waals surface area contributed by atoms with Crippen LogP contribution in [0.4, 0.5) is 5.69 Å². The van der Waals surface area contributed by atoms with Crippen molar-refractivity contribution in [3.05, 3.63) is 114 Å². The zero-order valence-corrected chi connectivity index (χ0v) is 20.6. The van der Waals surface area contributed by atoms with Crippen molar-refractivity contribution in [2.24, 2.45) is 0 Å². The van der Waals surface area contributed by atoms with E-state index in [9.17, 15) is 14.7 Å². The molecule has 0 unspecified atom stereocenters. The SMILES string of the molecule is O=C(CCN1C(=S)N[C@H](c2ccccn2)[C@H]1c1cccn1-c1ccc(C(=O)O)cc1)Nc1ccccc1. The Morgan fingerprint density at radius 2 is 1.73 bits per heavy atom. The Balaban J connectivity index is 1.45. The summed E-state index contributed by atoms with van der Waals surface area (Å²) in [6, 6.07) is 25.3. The Hall–Kier alpha value is -4.50. The molecule has 9 heteroatoms. The summed E-state index contributed by atoms with van der Waals surface area (Å²) in [6.07, 6.45) is 3.93. The van der Waals surface area contributed by atoms with Crippen LogP contribution in [0.15, 0.2) is 97.3 Å². The maximum Gasteiger partial charge on any atom is 0.335 e. The van der Waals surface area contributed by atoms with E-state index in [0.29, 0.717) is 11.7 Å². The molecule has 1 saturated heterocycles. The van der Waals surface area contributed by atoms with E-state index in [1.165, 1.54) is 0 Å². The van der Waals surface area contributed by atoms with Crippen molar-refractivity contribution in [1.82, 2.24) is 19.8 Å². The number of carbonyl (C=O) groups is 2. The van der Waals surface area contributed by atoms with E-state index in [0.717, 1.165) is 22.8 Å². The van der Waals surface area contributed by atoms with Crippen LogP contribution in [0.3, 0.4) is 0 Å². The van der Waals surface area contributed by atoms with Crippen molar-refractivity contribution in [3.8, 4) is 5.69 Å². The monoisotopic (exact) mass is 511 g/mol. The highest BCUT2D eigenvalue weighted by atomic mass is 32.1. The minimum atomic E-state index is -0.972. The van der Waals surface area contributed by atoms with Gasteiger partial charge in [-0.25, -0.2) is 4.79 Å². The van der Waals surface area contributed by atoms with Gasteiger partial charge in [0, 0.05) is 42.4 Å². The molecule has 4 aromatic rings. The second-order valence-corrected chi connectivity index (χ2v) is 9.03. The maximum atomic E-state index is 12.7. The lowest BCUT2D eigenvalue weighted by Crippen LogP contribution is -2.33. The number of anilines is 1. The topological polar surface area (TPSA) is 99.5 Å². The van der Waals surface area contributed by atoms with Gasteiger partial charge in [0.1, 0.15) is 0 Å². The molecule has 5 rings (SSSR count). The van der Waals surface area contributed by atoms with Crippen molar-refractivity contribution in [2.75, 3.05) is 11.9 Å². The first kappa shape index (κ1) is 24.2. The fourth-order valence-corrected chi connectivity index (χ4v) is 4.90. The molecule has 0 aliphatic carbocycles. The van der Waals surface area contributed by atoms with Gasteiger partial charge in [-0.1, -0.05) is 24.3 Å². The number of hydrogen-bond donors (Lipinski definition) is 3. The third-order valence-corrected chi connectivity index (χ3v) is 6.66. The summed E-state index contributed by atoms with van der Waals surface area (Å²) in [5.74, 6) is -1.08. The third kappa shape index (κ3) is 5.22. The van der Waals surface area contributed by atoms with Crippen LogP contribution in [0.2, 0.25) is 0 Å². The molecule has 1 aliphatic heterocycles. The largest absolute Gasteiger partial charge is 0.478 e. The highest BCUT2D eigenvalue weighted by Gasteiger charge is 2.41. The first-order valence-corrected chi connectivity index (χ1v) is 12.3. The van der Waals surface area contributed by atoms with E-state index in [2.05, 4.69) is 15.6 Å². The second kappa shape index (κ2) is 10.6.